The summed E-state index contributed by atoms with van der Waals surface area (Å²) in [4.78, 5) is 12.7. The molecule has 2 aromatic carbocycles. The van der Waals surface area contributed by atoms with Crippen LogP contribution < -0.4 is 5.32 Å². The number of anilines is 1. The molecule has 1 saturated heterocycles. The number of nitrogens with zero attached hydrogens (tertiary/aromatic N) is 3. The molecule has 1 aromatic heterocycles. The highest BCUT2D eigenvalue weighted by molar-refractivity contribution is 7.89. The van der Waals surface area contributed by atoms with Crippen LogP contribution in [-0.4, -0.2) is 41.9 Å². The number of sulfonamides is 1. The van der Waals surface area contributed by atoms with Gasteiger partial charge in [0.15, 0.2) is 0 Å². The second kappa shape index (κ2) is 9.17. The van der Waals surface area contributed by atoms with E-state index in [-0.39, 0.29) is 22.4 Å². The Balaban J connectivity index is 1.45. The maximum atomic E-state index is 12.9. The molecule has 0 saturated carbocycles. The van der Waals surface area contributed by atoms with E-state index in [9.17, 15) is 13.2 Å². The minimum absolute atomic E-state index is 0.0683. The maximum Gasteiger partial charge on any atom is 0.322 e. The molecule has 8 nitrogen and oxygen atoms in total. The van der Waals surface area contributed by atoms with Crippen LogP contribution in [0.2, 0.25) is 5.02 Å². The molecule has 0 spiro atoms. The van der Waals surface area contributed by atoms with Gasteiger partial charge in [0.05, 0.1) is 4.90 Å². The van der Waals surface area contributed by atoms with Crippen LogP contribution >= 0.6 is 11.6 Å². The van der Waals surface area contributed by atoms with E-state index >= 15 is 0 Å². The van der Waals surface area contributed by atoms with Crippen LogP contribution in [0, 0.1) is 0 Å². The highest BCUT2D eigenvalue weighted by Gasteiger charge is 2.25. The lowest BCUT2D eigenvalue weighted by molar-refractivity contribution is 0.102. The van der Waals surface area contributed by atoms with E-state index in [1.165, 1.54) is 28.6 Å². The van der Waals surface area contributed by atoms with Crippen LogP contribution in [0.5, 0.6) is 0 Å². The number of rotatable bonds is 5. The van der Waals surface area contributed by atoms with Crippen LogP contribution in [-0.2, 0) is 10.0 Å². The van der Waals surface area contributed by atoms with Crippen LogP contribution in [0.15, 0.2) is 57.8 Å². The second-order valence-electron chi connectivity index (χ2n) is 7.22. The maximum absolute atomic E-state index is 12.9. The highest BCUT2D eigenvalue weighted by atomic mass is 35.5. The molecule has 0 atom stereocenters. The lowest BCUT2D eigenvalue weighted by atomic mass is 10.2. The van der Waals surface area contributed by atoms with Crippen molar-refractivity contribution in [2.24, 2.45) is 0 Å². The molecule has 0 bridgehead atoms. The van der Waals surface area contributed by atoms with Crippen molar-refractivity contribution in [1.82, 2.24) is 14.5 Å². The van der Waals surface area contributed by atoms with Crippen molar-refractivity contribution in [2.75, 3.05) is 18.4 Å². The monoisotopic (exact) mass is 460 g/mol. The summed E-state index contributed by atoms with van der Waals surface area (Å²) in [5, 5.41) is 10.8. The number of carbonyl (C=O) groups excluding carboxylic acids is 1. The molecule has 1 N–H and O–H groups in total. The normalized spacial score (nSPS) is 15.4. The molecule has 162 valence electrons. The van der Waals surface area contributed by atoms with Crippen molar-refractivity contribution in [3.05, 3.63) is 59.1 Å². The Bertz CT molecular complexity index is 1170. The van der Waals surface area contributed by atoms with Gasteiger partial charge >= 0.3 is 6.01 Å². The minimum Gasteiger partial charge on any atom is -0.403 e. The topological polar surface area (TPSA) is 105 Å². The zero-order chi connectivity index (χ0) is 21.8. The van der Waals surface area contributed by atoms with E-state index in [1.54, 1.807) is 24.3 Å². The smallest absolute Gasteiger partial charge is 0.322 e. The van der Waals surface area contributed by atoms with Gasteiger partial charge in [-0.15, -0.1) is 5.10 Å². The number of carbonyl (C=O) groups is 1. The van der Waals surface area contributed by atoms with Crippen LogP contribution in [0.4, 0.5) is 6.01 Å². The number of nitrogens with one attached hydrogen (secondary N) is 1. The molecule has 0 radical (unpaired) electrons. The summed E-state index contributed by atoms with van der Waals surface area (Å²) in [7, 11) is -3.57. The number of benzene rings is 2. The van der Waals surface area contributed by atoms with Gasteiger partial charge < -0.3 is 4.42 Å². The summed E-state index contributed by atoms with van der Waals surface area (Å²) in [5.74, 6) is -0.267. The van der Waals surface area contributed by atoms with Gasteiger partial charge in [0.1, 0.15) is 0 Å². The summed E-state index contributed by atoms with van der Waals surface area (Å²) in [6, 6.07) is 12.7. The molecule has 2 heterocycles. The third-order valence-electron chi connectivity index (χ3n) is 5.04. The van der Waals surface area contributed by atoms with Crippen LogP contribution in [0.3, 0.4) is 0 Å². The average Bonchev–Trinajstić information content (AvgIpc) is 3.05. The van der Waals surface area contributed by atoms with E-state index in [0.29, 0.717) is 23.7 Å². The van der Waals surface area contributed by atoms with E-state index in [1.807, 2.05) is 0 Å². The van der Waals surface area contributed by atoms with Gasteiger partial charge in [0, 0.05) is 29.2 Å². The fourth-order valence-corrected chi connectivity index (χ4v) is 5.10. The Labute approximate surface area is 185 Å². The molecular weight excluding hydrogens is 440 g/mol. The van der Waals surface area contributed by atoms with Gasteiger partial charge in [-0.2, -0.15) is 4.31 Å². The van der Waals surface area contributed by atoms with Gasteiger partial charge in [0.25, 0.3) is 5.91 Å². The number of aromatic nitrogens is 2. The highest BCUT2D eigenvalue weighted by Crippen LogP contribution is 2.24. The predicted octanol–water partition coefficient (Wildman–Crippen LogP) is 4.21. The van der Waals surface area contributed by atoms with Crippen LogP contribution in [0.1, 0.15) is 36.0 Å². The lowest BCUT2D eigenvalue weighted by Crippen LogP contribution is -2.31. The van der Waals surface area contributed by atoms with E-state index in [2.05, 4.69) is 15.5 Å². The van der Waals surface area contributed by atoms with E-state index in [4.69, 9.17) is 16.0 Å². The van der Waals surface area contributed by atoms with Crippen molar-refractivity contribution in [3.8, 4) is 11.5 Å². The standard InChI is InChI=1S/C21H21ClN4O4S/c22-17-7-5-6-16(14-17)20-24-25-21(30-20)23-19(27)15-8-10-18(11-9-15)31(28,29)26-12-3-1-2-4-13-26/h5-11,14H,1-4,12-13H2,(H,23,25,27). The predicted molar refractivity (Wildman–Crippen MR) is 116 cm³/mol. The first-order valence-corrected chi connectivity index (χ1v) is 11.8. The molecule has 1 aliphatic heterocycles. The molecule has 31 heavy (non-hydrogen) atoms. The summed E-state index contributed by atoms with van der Waals surface area (Å²) in [6.45, 7) is 1.05. The molecule has 10 heteroatoms. The summed E-state index contributed by atoms with van der Waals surface area (Å²) >= 11 is 5.96. The zero-order valence-electron chi connectivity index (χ0n) is 16.6. The zero-order valence-corrected chi connectivity index (χ0v) is 18.2. The molecule has 3 aromatic rings. The van der Waals surface area contributed by atoms with Gasteiger partial charge in [-0.25, -0.2) is 8.42 Å². The van der Waals surface area contributed by atoms with Crippen LogP contribution in [0.25, 0.3) is 11.5 Å². The minimum atomic E-state index is -3.57. The summed E-state index contributed by atoms with van der Waals surface area (Å²) < 4.78 is 32.7. The average molecular weight is 461 g/mol. The van der Waals surface area contributed by atoms with Crippen molar-refractivity contribution >= 4 is 33.5 Å². The van der Waals surface area contributed by atoms with E-state index in [0.717, 1.165) is 25.7 Å². The van der Waals surface area contributed by atoms with Crippen molar-refractivity contribution in [2.45, 2.75) is 30.6 Å². The lowest BCUT2D eigenvalue weighted by Gasteiger charge is -2.19. The molecule has 4 rings (SSSR count). The fraction of sp³-hybridized carbons (Fsp3) is 0.286. The van der Waals surface area contributed by atoms with Crippen molar-refractivity contribution < 1.29 is 17.6 Å². The fourth-order valence-electron chi connectivity index (χ4n) is 3.39. The summed E-state index contributed by atoms with van der Waals surface area (Å²) in [5.41, 5.74) is 0.904. The van der Waals surface area contributed by atoms with Gasteiger partial charge in [-0.1, -0.05) is 35.6 Å². The van der Waals surface area contributed by atoms with Gasteiger partial charge in [-0.05, 0) is 55.3 Å². The van der Waals surface area contributed by atoms with Crippen molar-refractivity contribution in [1.29, 1.82) is 0 Å². The Kier molecular flexibility index (Phi) is 6.35. The first-order valence-electron chi connectivity index (χ1n) is 9.94. The molecular formula is C21H21ClN4O4S. The number of amides is 1. The molecule has 1 fully saturated rings. The third kappa shape index (κ3) is 4.95. The molecule has 0 aliphatic carbocycles. The summed E-state index contributed by atoms with van der Waals surface area (Å²) in [6.07, 6.45) is 3.81. The van der Waals surface area contributed by atoms with Gasteiger partial charge in [0.2, 0.25) is 15.9 Å². The van der Waals surface area contributed by atoms with E-state index < -0.39 is 15.9 Å². The second-order valence-corrected chi connectivity index (χ2v) is 9.59. The Morgan fingerprint density at radius 2 is 1.71 bits per heavy atom. The largest absolute Gasteiger partial charge is 0.403 e. The number of halogens is 1. The first kappa shape index (κ1) is 21.5. The number of hydrogen-bond acceptors (Lipinski definition) is 6. The molecule has 1 aliphatic rings. The molecule has 1 amide bonds. The SMILES string of the molecule is O=C(Nc1nnc(-c2cccc(Cl)c2)o1)c1ccc(S(=O)(=O)N2CCCCCC2)cc1. The first-order chi connectivity index (χ1) is 14.9. The molecule has 0 unspecified atom stereocenters. The third-order valence-corrected chi connectivity index (χ3v) is 7.18. The number of hydrogen-bond donors (Lipinski definition) is 1. The quantitative estimate of drug-likeness (QED) is 0.611. The van der Waals surface area contributed by atoms with Crippen molar-refractivity contribution in [3.63, 3.8) is 0 Å². The Morgan fingerprint density at radius 3 is 2.39 bits per heavy atom. The Morgan fingerprint density at radius 1 is 1.00 bits per heavy atom. The Hall–Kier alpha value is -2.75. The van der Waals surface area contributed by atoms with Gasteiger partial charge in [-0.3, -0.25) is 10.1 Å².